The first kappa shape index (κ1) is 22.0. The fourth-order valence-electron chi connectivity index (χ4n) is 3.40. The third-order valence-corrected chi connectivity index (χ3v) is 5.19. The molecule has 166 valence electrons. The third-order valence-electron chi connectivity index (χ3n) is 4.96. The van der Waals surface area contributed by atoms with Gasteiger partial charge in [-0.05, 0) is 60.2 Å². The lowest BCUT2D eigenvalue weighted by Crippen LogP contribution is -2.32. The number of imide groups is 1. The number of amides is 2. The summed E-state index contributed by atoms with van der Waals surface area (Å²) < 4.78 is 18.7. The molecule has 3 aromatic rings. The van der Waals surface area contributed by atoms with E-state index < -0.39 is 22.6 Å². The van der Waals surface area contributed by atoms with Crippen molar-refractivity contribution in [3.05, 3.63) is 98.9 Å². The van der Waals surface area contributed by atoms with Crippen LogP contribution in [-0.2, 0) is 9.59 Å². The van der Waals surface area contributed by atoms with E-state index >= 15 is 0 Å². The number of hydrogen-bond acceptors (Lipinski definition) is 6. The van der Waals surface area contributed by atoms with Gasteiger partial charge in [0.25, 0.3) is 17.5 Å². The molecular weight excluding hydrogens is 453 g/mol. The van der Waals surface area contributed by atoms with Crippen LogP contribution in [-0.4, -0.2) is 23.8 Å². The molecule has 1 aliphatic heterocycles. The Morgan fingerprint density at radius 2 is 1.67 bits per heavy atom. The number of non-ortho nitro benzene ring substituents is 1. The van der Waals surface area contributed by atoms with E-state index in [-0.39, 0.29) is 28.2 Å². The summed E-state index contributed by atoms with van der Waals surface area (Å²) in [6, 6.07) is 14.8. The number of nitro benzene ring substituents is 1. The predicted molar refractivity (Wildman–Crippen MR) is 121 cm³/mol. The van der Waals surface area contributed by atoms with E-state index in [2.05, 4.69) is 5.32 Å². The monoisotopic (exact) mass is 467 g/mol. The number of anilines is 2. The van der Waals surface area contributed by atoms with Gasteiger partial charge in [0.1, 0.15) is 17.3 Å². The molecule has 0 spiro atoms. The van der Waals surface area contributed by atoms with Crippen LogP contribution in [0.3, 0.4) is 0 Å². The normalized spacial score (nSPS) is 13.5. The number of hydrogen-bond donors (Lipinski definition) is 1. The number of nitrogens with one attached hydrogen (secondary N) is 1. The van der Waals surface area contributed by atoms with Crippen molar-refractivity contribution in [3.8, 4) is 5.75 Å². The SMILES string of the molecule is COc1ccc(Cl)cc1NC1=C(c2ccc([N+](=O)[O-])cc2)C(=O)N(c2ccc(F)cc2)C1=O. The first-order valence-corrected chi connectivity index (χ1v) is 9.92. The van der Waals surface area contributed by atoms with Crippen molar-refractivity contribution in [1.29, 1.82) is 0 Å². The second-order valence-electron chi connectivity index (χ2n) is 6.95. The standard InChI is InChI=1S/C23H15ClFN3O5/c1-33-19-11-4-14(24)12-18(19)26-21-20(13-2-7-17(8-3-13)28(31)32)22(29)27(23(21)30)16-9-5-15(25)6-10-16/h2-12,26H,1H3. The van der Waals surface area contributed by atoms with E-state index in [4.69, 9.17) is 16.3 Å². The number of carbonyl (C=O) groups is 2. The molecule has 1 N–H and O–H groups in total. The lowest BCUT2D eigenvalue weighted by atomic mass is 10.0. The molecular formula is C23H15ClFN3O5. The summed E-state index contributed by atoms with van der Waals surface area (Å²) in [6.07, 6.45) is 0. The van der Waals surface area contributed by atoms with Gasteiger partial charge in [-0.3, -0.25) is 19.7 Å². The van der Waals surface area contributed by atoms with Gasteiger partial charge in [-0.25, -0.2) is 9.29 Å². The van der Waals surface area contributed by atoms with Crippen LogP contribution < -0.4 is 15.0 Å². The van der Waals surface area contributed by atoms with Gasteiger partial charge >= 0.3 is 0 Å². The minimum absolute atomic E-state index is 0.0127. The Bertz CT molecular complexity index is 1310. The van der Waals surface area contributed by atoms with Crippen molar-refractivity contribution < 1.29 is 23.6 Å². The highest BCUT2D eigenvalue weighted by atomic mass is 35.5. The van der Waals surface area contributed by atoms with Crippen molar-refractivity contribution in [1.82, 2.24) is 0 Å². The Kier molecular flexibility index (Phi) is 5.80. The summed E-state index contributed by atoms with van der Waals surface area (Å²) >= 11 is 6.09. The Labute approximate surface area is 192 Å². The van der Waals surface area contributed by atoms with Gasteiger partial charge in [-0.2, -0.15) is 0 Å². The zero-order chi connectivity index (χ0) is 23.7. The number of halogens is 2. The van der Waals surface area contributed by atoms with Gasteiger partial charge in [0, 0.05) is 17.2 Å². The second-order valence-corrected chi connectivity index (χ2v) is 7.38. The van der Waals surface area contributed by atoms with Crippen LogP contribution >= 0.6 is 11.6 Å². The Morgan fingerprint density at radius 1 is 1.00 bits per heavy atom. The summed E-state index contributed by atoms with van der Waals surface area (Å²) in [5.74, 6) is -1.52. The van der Waals surface area contributed by atoms with Gasteiger partial charge in [0.15, 0.2) is 0 Å². The smallest absolute Gasteiger partial charge is 0.282 e. The average Bonchev–Trinajstić information content (AvgIpc) is 3.04. The first-order valence-electron chi connectivity index (χ1n) is 9.54. The number of methoxy groups -OCH3 is 1. The quantitative estimate of drug-likeness (QED) is 0.317. The summed E-state index contributed by atoms with van der Waals surface area (Å²) in [7, 11) is 1.44. The Balaban J connectivity index is 1.85. The summed E-state index contributed by atoms with van der Waals surface area (Å²) in [6.45, 7) is 0. The van der Waals surface area contributed by atoms with E-state index in [9.17, 15) is 24.1 Å². The first-order chi connectivity index (χ1) is 15.8. The van der Waals surface area contributed by atoms with Gasteiger partial charge in [-0.1, -0.05) is 11.6 Å². The molecule has 2 amide bonds. The van der Waals surface area contributed by atoms with E-state index in [0.717, 1.165) is 17.0 Å². The van der Waals surface area contributed by atoms with Crippen LogP contribution in [0.4, 0.5) is 21.5 Å². The minimum atomic E-state index is -0.693. The van der Waals surface area contributed by atoms with Gasteiger partial charge < -0.3 is 10.1 Å². The van der Waals surface area contributed by atoms with E-state index in [1.807, 2.05) is 0 Å². The van der Waals surface area contributed by atoms with Crippen LogP contribution in [0.1, 0.15) is 5.56 Å². The fraction of sp³-hybridized carbons (Fsp3) is 0.0435. The van der Waals surface area contributed by atoms with Crippen LogP contribution in [0.15, 0.2) is 72.4 Å². The molecule has 0 fully saturated rings. The molecule has 1 aliphatic rings. The number of benzene rings is 3. The highest BCUT2D eigenvalue weighted by Gasteiger charge is 2.40. The maximum atomic E-state index is 13.4. The van der Waals surface area contributed by atoms with Crippen molar-refractivity contribution in [2.45, 2.75) is 0 Å². The molecule has 0 atom stereocenters. The maximum absolute atomic E-state index is 13.4. The molecule has 4 rings (SSSR count). The molecule has 0 aromatic heterocycles. The average molecular weight is 468 g/mol. The molecule has 8 nitrogen and oxygen atoms in total. The number of nitrogens with zero attached hydrogens (tertiary/aromatic N) is 2. The summed E-state index contributed by atoms with van der Waals surface area (Å²) in [5, 5.41) is 14.3. The number of rotatable bonds is 6. The van der Waals surface area contributed by atoms with E-state index in [1.165, 1.54) is 49.6 Å². The van der Waals surface area contributed by atoms with Crippen molar-refractivity contribution in [2.24, 2.45) is 0 Å². The zero-order valence-electron chi connectivity index (χ0n) is 17.0. The largest absolute Gasteiger partial charge is 0.495 e. The number of nitro groups is 1. The van der Waals surface area contributed by atoms with Gasteiger partial charge in [0.05, 0.1) is 29.0 Å². The topological polar surface area (TPSA) is 102 Å². The molecule has 0 radical (unpaired) electrons. The second kappa shape index (κ2) is 8.71. The van der Waals surface area contributed by atoms with E-state index in [0.29, 0.717) is 16.5 Å². The molecule has 10 heteroatoms. The Hall–Kier alpha value is -4.24. The van der Waals surface area contributed by atoms with Crippen molar-refractivity contribution >= 4 is 46.1 Å². The van der Waals surface area contributed by atoms with Crippen LogP contribution in [0.2, 0.25) is 5.02 Å². The molecule has 0 saturated heterocycles. The summed E-state index contributed by atoms with van der Waals surface area (Å²) in [4.78, 5) is 38.1. The minimum Gasteiger partial charge on any atom is -0.495 e. The Morgan fingerprint density at radius 3 is 2.27 bits per heavy atom. The van der Waals surface area contributed by atoms with E-state index in [1.54, 1.807) is 12.1 Å². The molecule has 33 heavy (non-hydrogen) atoms. The maximum Gasteiger partial charge on any atom is 0.282 e. The molecule has 1 heterocycles. The van der Waals surface area contributed by atoms with Gasteiger partial charge in [0.2, 0.25) is 0 Å². The molecule has 0 aliphatic carbocycles. The van der Waals surface area contributed by atoms with Crippen LogP contribution in [0, 0.1) is 15.9 Å². The molecule has 0 saturated carbocycles. The lowest BCUT2D eigenvalue weighted by Gasteiger charge is -2.16. The zero-order valence-corrected chi connectivity index (χ0v) is 17.8. The van der Waals surface area contributed by atoms with Crippen molar-refractivity contribution in [3.63, 3.8) is 0 Å². The van der Waals surface area contributed by atoms with Crippen LogP contribution in [0.25, 0.3) is 5.57 Å². The molecule has 3 aromatic carbocycles. The summed E-state index contributed by atoms with van der Waals surface area (Å²) in [5.41, 5.74) is 0.520. The number of carbonyl (C=O) groups excluding carboxylic acids is 2. The highest BCUT2D eigenvalue weighted by molar-refractivity contribution is 6.46. The molecule has 0 unspecified atom stereocenters. The van der Waals surface area contributed by atoms with Crippen molar-refractivity contribution in [2.75, 3.05) is 17.3 Å². The number of ether oxygens (including phenoxy) is 1. The van der Waals surface area contributed by atoms with Gasteiger partial charge in [-0.15, -0.1) is 0 Å². The molecule has 0 bridgehead atoms. The highest BCUT2D eigenvalue weighted by Crippen LogP contribution is 2.37. The predicted octanol–water partition coefficient (Wildman–Crippen LogP) is 4.79. The van der Waals surface area contributed by atoms with Crippen LogP contribution in [0.5, 0.6) is 5.75 Å². The fourth-order valence-corrected chi connectivity index (χ4v) is 3.57. The third kappa shape index (κ3) is 4.13. The lowest BCUT2D eigenvalue weighted by molar-refractivity contribution is -0.384.